The normalized spacial score (nSPS) is 15.0. The van der Waals surface area contributed by atoms with Gasteiger partial charge in [-0.2, -0.15) is 4.31 Å². The Morgan fingerprint density at radius 1 is 1.00 bits per heavy atom. The van der Waals surface area contributed by atoms with Crippen molar-refractivity contribution in [2.75, 3.05) is 18.4 Å². The molecular weight excluding hydrogens is 374 g/mol. The molecule has 0 aromatic heterocycles. The van der Waals surface area contributed by atoms with Gasteiger partial charge in [-0.1, -0.05) is 23.7 Å². The summed E-state index contributed by atoms with van der Waals surface area (Å²) in [6, 6.07) is 13.0. The number of sulfonamides is 1. The standard InChI is InChI=1S/C18H20ClN3O3S/c19-15-5-3-14(4-6-15)13-20-18(23)21-16-7-9-17(10-8-16)26(24,25)22-11-1-2-12-22/h3-10H,1-2,11-13H2,(H2,20,21,23). The number of carbonyl (C=O) groups is 1. The summed E-state index contributed by atoms with van der Waals surface area (Å²) in [5, 5.41) is 6.07. The molecule has 0 unspecified atom stereocenters. The predicted molar refractivity (Wildman–Crippen MR) is 102 cm³/mol. The lowest BCUT2D eigenvalue weighted by atomic mass is 10.2. The molecule has 0 spiro atoms. The Hall–Kier alpha value is -2.09. The average Bonchev–Trinajstić information content (AvgIpc) is 3.17. The molecule has 2 N–H and O–H groups in total. The second-order valence-corrected chi connectivity index (χ2v) is 8.44. The van der Waals surface area contributed by atoms with E-state index in [1.54, 1.807) is 24.3 Å². The fourth-order valence-corrected chi connectivity index (χ4v) is 4.39. The monoisotopic (exact) mass is 393 g/mol. The van der Waals surface area contributed by atoms with E-state index < -0.39 is 10.0 Å². The Labute approximate surface area is 158 Å². The number of hydrogen-bond acceptors (Lipinski definition) is 3. The SMILES string of the molecule is O=C(NCc1ccc(Cl)cc1)Nc1ccc(S(=O)(=O)N2CCCC2)cc1. The van der Waals surface area contributed by atoms with Gasteiger partial charge in [-0.25, -0.2) is 13.2 Å². The minimum absolute atomic E-state index is 0.242. The van der Waals surface area contributed by atoms with Crippen LogP contribution in [0.3, 0.4) is 0 Å². The van der Waals surface area contributed by atoms with Gasteiger partial charge in [0.25, 0.3) is 0 Å². The van der Waals surface area contributed by atoms with E-state index in [0.717, 1.165) is 18.4 Å². The van der Waals surface area contributed by atoms with Crippen molar-refractivity contribution in [3.8, 4) is 0 Å². The summed E-state index contributed by atoms with van der Waals surface area (Å²) in [6.07, 6.45) is 1.79. The lowest BCUT2D eigenvalue weighted by Crippen LogP contribution is -2.28. The van der Waals surface area contributed by atoms with Gasteiger partial charge in [0.1, 0.15) is 0 Å². The molecule has 1 aliphatic heterocycles. The number of nitrogens with zero attached hydrogens (tertiary/aromatic N) is 1. The van der Waals surface area contributed by atoms with Gasteiger partial charge in [0.05, 0.1) is 4.90 Å². The first-order valence-corrected chi connectivity index (χ1v) is 10.2. The third-order valence-corrected chi connectivity index (χ3v) is 6.35. The maximum atomic E-state index is 12.5. The number of hydrogen-bond donors (Lipinski definition) is 2. The van der Waals surface area contributed by atoms with Gasteiger partial charge in [-0.3, -0.25) is 0 Å². The third kappa shape index (κ3) is 4.55. The molecule has 2 aromatic carbocycles. The molecule has 0 bridgehead atoms. The summed E-state index contributed by atoms with van der Waals surface area (Å²) in [6.45, 7) is 1.50. The molecule has 6 nitrogen and oxygen atoms in total. The van der Waals surface area contributed by atoms with E-state index in [1.165, 1.54) is 16.4 Å². The fraction of sp³-hybridized carbons (Fsp3) is 0.278. The van der Waals surface area contributed by atoms with Crippen LogP contribution in [0.5, 0.6) is 0 Å². The molecule has 0 aliphatic carbocycles. The molecule has 1 fully saturated rings. The lowest BCUT2D eigenvalue weighted by molar-refractivity contribution is 0.251. The third-order valence-electron chi connectivity index (χ3n) is 4.18. The van der Waals surface area contributed by atoms with Crippen LogP contribution >= 0.6 is 11.6 Å². The molecule has 0 atom stereocenters. The van der Waals surface area contributed by atoms with Crippen LogP contribution in [0.1, 0.15) is 18.4 Å². The molecule has 3 rings (SSSR count). The number of benzene rings is 2. The van der Waals surface area contributed by atoms with Crippen molar-refractivity contribution >= 4 is 33.3 Å². The lowest BCUT2D eigenvalue weighted by Gasteiger charge is -2.15. The van der Waals surface area contributed by atoms with Crippen LogP contribution < -0.4 is 10.6 Å². The Bertz CT molecular complexity index is 862. The maximum absolute atomic E-state index is 12.5. The summed E-state index contributed by atoms with van der Waals surface area (Å²) in [7, 11) is -3.44. The highest BCUT2D eigenvalue weighted by Crippen LogP contribution is 2.22. The number of amides is 2. The first-order valence-electron chi connectivity index (χ1n) is 8.35. The van der Waals surface area contributed by atoms with Crippen LogP contribution in [-0.2, 0) is 16.6 Å². The van der Waals surface area contributed by atoms with Gasteiger partial charge < -0.3 is 10.6 Å². The van der Waals surface area contributed by atoms with Crippen LogP contribution in [0.2, 0.25) is 5.02 Å². The van der Waals surface area contributed by atoms with E-state index in [2.05, 4.69) is 10.6 Å². The number of halogens is 1. The average molecular weight is 394 g/mol. The summed E-state index contributed by atoms with van der Waals surface area (Å²) in [4.78, 5) is 12.2. The molecule has 2 aromatic rings. The zero-order valence-corrected chi connectivity index (χ0v) is 15.7. The van der Waals surface area contributed by atoms with Gasteiger partial charge >= 0.3 is 6.03 Å². The molecular formula is C18H20ClN3O3S. The van der Waals surface area contributed by atoms with E-state index in [9.17, 15) is 13.2 Å². The van der Waals surface area contributed by atoms with Gasteiger partial charge in [-0.15, -0.1) is 0 Å². The van der Waals surface area contributed by atoms with Gasteiger partial charge in [-0.05, 0) is 54.8 Å². The van der Waals surface area contributed by atoms with Gasteiger partial charge in [0.2, 0.25) is 10.0 Å². The van der Waals surface area contributed by atoms with E-state index in [0.29, 0.717) is 30.3 Å². The van der Waals surface area contributed by atoms with E-state index in [1.807, 2.05) is 12.1 Å². The summed E-state index contributed by atoms with van der Waals surface area (Å²) in [5.41, 5.74) is 1.45. The van der Waals surface area contributed by atoms with E-state index >= 15 is 0 Å². The van der Waals surface area contributed by atoms with E-state index in [-0.39, 0.29) is 10.9 Å². The fourth-order valence-electron chi connectivity index (χ4n) is 2.75. The number of carbonyl (C=O) groups excluding carboxylic acids is 1. The molecule has 8 heteroatoms. The highest BCUT2D eigenvalue weighted by atomic mass is 35.5. The van der Waals surface area contributed by atoms with Crippen molar-refractivity contribution in [2.24, 2.45) is 0 Å². The molecule has 0 radical (unpaired) electrons. The van der Waals surface area contributed by atoms with Crippen molar-refractivity contribution < 1.29 is 13.2 Å². The van der Waals surface area contributed by atoms with Crippen LogP contribution in [0, 0.1) is 0 Å². The molecule has 138 valence electrons. The van der Waals surface area contributed by atoms with Crippen LogP contribution in [-0.4, -0.2) is 31.8 Å². The number of urea groups is 1. The first kappa shape index (κ1) is 18.7. The largest absolute Gasteiger partial charge is 0.334 e. The zero-order valence-electron chi connectivity index (χ0n) is 14.1. The smallest absolute Gasteiger partial charge is 0.319 e. The predicted octanol–water partition coefficient (Wildman–Crippen LogP) is 3.45. The maximum Gasteiger partial charge on any atom is 0.319 e. The molecule has 26 heavy (non-hydrogen) atoms. The second-order valence-electron chi connectivity index (χ2n) is 6.07. The minimum atomic E-state index is -3.44. The van der Waals surface area contributed by atoms with Crippen molar-refractivity contribution in [3.05, 3.63) is 59.1 Å². The zero-order chi connectivity index (χ0) is 18.6. The van der Waals surface area contributed by atoms with Gasteiger partial charge in [0, 0.05) is 30.3 Å². The molecule has 1 saturated heterocycles. The quantitative estimate of drug-likeness (QED) is 0.816. The summed E-state index contributed by atoms with van der Waals surface area (Å²) in [5.74, 6) is 0. The van der Waals surface area contributed by atoms with Crippen LogP contribution in [0.4, 0.5) is 10.5 Å². The number of rotatable bonds is 5. The van der Waals surface area contributed by atoms with Crippen LogP contribution in [0.15, 0.2) is 53.4 Å². The Morgan fingerprint density at radius 2 is 1.62 bits per heavy atom. The molecule has 0 saturated carbocycles. The Kier molecular flexibility index (Phi) is 5.80. The van der Waals surface area contributed by atoms with Crippen molar-refractivity contribution in [1.29, 1.82) is 0 Å². The first-order chi connectivity index (χ1) is 12.4. The Morgan fingerprint density at radius 3 is 2.23 bits per heavy atom. The van der Waals surface area contributed by atoms with Crippen molar-refractivity contribution in [1.82, 2.24) is 9.62 Å². The van der Waals surface area contributed by atoms with Crippen molar-refractivity contribution in [2.45, 2.75) is 24.3 Å². The topological polar surface area (TPSA) is 78.5 Å². The van der Waals surface area contributed by atoms with Crippen LogP contribution in [0.25, 0.3) is 0 Å². The number of nitrogens with one attached hydrogen (secondary N) is 2. The molecule has 1 aliphatic rings. The molecule has 1 heterocycles. The highest BCUT2D eigenvalue weighted by Gasteiger charge is 2.26. The van der Waals surface area contributed by atoms with E-state index in [4.69, 9.17) is 11.6 Å². The minimum Gasteiger partial charge on any atom is -0.334 e. The highest BCUT2D eigenvalue weighted by molar-refractivity contribution is 7.89. The number of anilines is 1. The van der Waals surface area contributed by atoms with Crippen molar-refractivity contribution in [3.63, 3.8) is 0 Å². The van der Waals surface area contributed by atoms with Gasteiger partial charge in [0.15, 0.2) is 0 Å². The summed E-state index contributed by atoms with van der Waals surface area (Å²) < 4.78 is 26.4. The Balaban J connectivity index is 1.56. The molecule has 2 amide bonds. The second kappa shape index (κ2) is 8.07. The summed E-state index contributed by atoms with van der Waals surface area (Å²) >= 11 is 5.82.